The van der Waals surface area contributed by atoms with Gasteiger partial charge in [-0.05, 0) is 23.8 Å². The molecule has 2 amide bonds. The van der Waals surface area contributed by atoms with Crippen molar-refractivity contribution in [3.05, 3.63) is 54.0 Å². The van der Waals surface area contributed by atoms with Crippen LogP contribution in [-0.2, 0) is 17.9 Å². The molecule has 2 aromatic rings. The number of amides is 2. The van der Waals surface area contributed by atoms with Crippen molar-refractivity contribution in [2.75, 3.05) is 12.4 Å². The van der Waals surface area contributed by atoms with Crippen molar-refractivity contribution in [1.82, 2.24) is 5.32 Å². The van der Waals surface area contributed by atoms with E-state index in [-0.39, 0.29) is 6.03 Å². The van der Waals surface area contributed by atoms with E-state index in [1.54, 1.807) is 25.7 Å². The first kappa shape index (κ1) is 13.2. The predicted octanol–water partition coefficient (Wildman–Crippen LogP) is 2.75. The zero-order chi connectivity index (χ0) is 13.5. The quantitative estimate of drug-likeness (QED) is 0.868. The fourth-order valence-corrected chi connectivity index (χ4v) is 1.66. The van der Waals surface area contributed by atoms with E-state index >= 15 is 0 Å². The number of furan rings is 1. The van der Waals surface area contributed by atoms with Gasteiger partial charge in [0.2, 0.25) is 0 Å². The minimum absolute atomic E-state index is 0.254. The lowest BCUT2D eigenvalue weighted by Crippen LogP contribution is -2.28. The summed E-state index contributed by atoms with van der Waals surface area (Å²) in [6.45, 7) is 0.951. The van der Waals surface area contributed by atoms with Crippen LogP contribution in [0.4, 0.5) is 10.5 Å². The first-order valence-electron chi connectivity index (χ1n) is 5.92. The Bertz CT molecular complexity index is 523. The number of carbonyl (C=O) groups excluding carboxylic acids is 1. The van der Waals surface area contributed by atoms with Crippen LogP contribution in [0.15, 0.2) is 47.3 Å². The number of benzene rings is 1. The summed E-state index contributed by atoms with van der Waals surface area (Å²) in [5, 5.41) is 5.51. The smallest absolute Gasteiger partial charge is 0.319 e. The van der Waals surface area contributed by atoms with Gasteiger partial charge in [-0.3, -0.25) is 0 Å². The summed E-state index contributed by atoms with van der Waals surface area (Å²) in [5.41, 5.74) is 2.66. The maximum atomic E-state index is 11.7. The fourth-order valence-electron chi connectivity index (χ4n) is 1.66. The molecule has 1 aromatic carbocycles. The molecule has 0 atom stereocenters. The number of carbonyl (C=O) groups is 1. The molecule has 0 aliphatic rings. The van der Waals surface area contributed by atoms with Crippen LogP contribution in [0.5, 0.6) is 0 Å². The second-order valence-corrected chi connectivity index (χ2v) is 4.07. The molecule has 2 N–H and O–H groups in total. The van der Waals surface area contributed by atoms with Crippen molar-refractivity contribution in [2.24, 2.45) is 0 Å². The summed E-state index contributed by atoms with van der Waals surface area (Å²) in [7, 11) is 1.64. The Hall–Kier alpha value is -2.27. The maximum absolute atomic E-state index is 11.7. The largest absolute Gasteiger partial charge is 0.472 e. The molecule has 19 heavy (non-hydrogen) atoms. The minimum Gasteiger partial charge on any atom is -0.472 e. The minimum atomic E-state index is -0.254. The lowest BCUT2D eigenvalue weighted by molar-refractivity contribution is 0.185. The molecule has 0 fully saturated rings. The van der Waals surface area contributed by atoms with Crippen LogP contribution in [-0.4, -0.2) is 13.1 Å². The SMILES string of the molecule is COCc1cccc(NC(=O)NCc2ccoc2)c1. The van der Waals surface area contributed by atoms with Crippen molar-refractivity contribution in [2.45, 2.75) is 13.2 Å². The van der Waals surface area contributed by atoms with Gasteiger partial charge in [0, 0.05) is 24.9 Å². The fraction of sp³-hybridized carbons (Fsp3) is 0.214. The molecule has 1 heterocycles. The summed E-state index contributed by atoms with van der Waals surface area (Å²) < 4.78 is 9.97. The summed E-state index contributed by atoms with van der Waals surface area (Å²) in [6, 6.07) is 9.07. The number of ether oxygens (including phenoxy) is 1. The highest BCUT2D eigenvalue weighted by Gasteiger charge is 2.03. The van der Waals surface area contributed by atoms with E-state index in [9.17, 15) is 4.79 Å². The van der Waals surface area contributed by atoms with Crippen molar-refractivity contribution < 1.29 is 13.9 Å². The first-order chi connectivity index (χ1) is 9.28. The van der Waals surface area contributed by atoms with Gasteiger partial charge in [0.1, 0.15) is 0 Å². The zero-order valence-electron chi connectivity index (χ0n) is 10.7. The highest BCUT2D eigenvalue weighted by atomic mass is 16.5. The highest BCUT2D eigenvalue weighted by Crippen LogP contribution is 2.11. The van der Waals surface area contributed by atoms with Crippen LogP contribution in [0.3, 0.4) is 0 Å². The average molecular weight is 260 g/mol. The van der Waals surface area contributed by atoms with Crippen molar-refractivity contribution in [3.63, 3.8) is 0 Å². The van der Waals surface area contributed by atoms with Crippen molar-refractivity contribution in [3.8, 4) is 0 Å². The Balaban J connectivity index is 1.86. The lowest BCUT2D eigenvalue weighted by Gasteiger charge is -2.08. The van der Waals surface area contributed by atoms with Gasteiger partial charge < -0.3 is 19.8 Å². The molecule has 1 aromatic heterocycles. The molecular weight excluding hydrogens is 244 g/mol. The number of methoxy groups -OCH3 is 1. The first-order valence-corrected chi connectivity index (χ1v) is 5.92. The molecule has 0 aliphatic heterocycles. The Labute approximate surface area is 111 Å². The van der Waals surface area contributed by atoms with E-state index in [2.05, 4.69) is 10.6 Å². The highest BCUT2D eigenvalue weighted by molar-refractivity contribution is 5.89. The molecule has 5 heteroatoms. The molecule has 0 aliphatic carbocycles. The Kier molecular flexibility index (Phi) is 4.58. The second-order valence-electron chi connectivity index (χ2n) is 4.07. The van der Waals surface area contributed by atoms with Gasteiger partial charge in [0.15, 0.2) is 0 Å². The van der Waals surface area contributed by atoms with Crippen molar-refractivity contribution >= 4 is 11.7 Å². The van der Waals surface area contributed by atoms with Gasteiger partial charge in [0.25, 0.3) is 0 Å². The van der Waals surface area contributed by atoms with E-state index in [4.69, 9.17) is 9.15 Å². The third-order valence-electron chi connectivity index (χ3n) is 2.53. The molecule has 100 valence electrons. The Morgan fingerprint density at radius 2 is 2.21 bits per heavy atom. The van der Waals surface area contributed by atoms with Gasteiger partial charge in [-0.15, -0.1) is 0 Å². The normalized spacial score (nSPS) is 10.2. The maximum Gasteiger partial charge on any atom is 0.319 e. The van der Waals surface area contributed by atoms with E-state index in [0.29, 0.717) is 13.2 Å². The summed E-state index contributed by atoms with van der Waals surface area (Å²) in [5.74, 6) is 0. The third-order valence-corrected chi connectivity index (χ3v) is 2.53. The van der Waals surface area contributed by atoms with Crippen LogP contribution < -0.4 is 10.6 Å². The molecule has 0 saturated carbocycles. The topological polar surface area (TPSA) is 63.5 Å². The molecule has 0 bridgehead atoms. The number of hydrogen-bond acceptors (Lipinski definition) is 3. The van der Waals surface area contributed by atoms with Crippen molar-refractivity contribution in [1.29, 1.82) is 0 Å². The van der Waals surface area contributed by atoms with E-state index in [1.165, 1.54) is 0 Å². The van der Waals surface area contributed by atoms with Crippen LogP contribution >= 0.6 is 0 Å². The number of rotatable bonds is 5. The standard InChI is InChI=1S/C14H16N2O3/c1-18-9-11-3-2-4-13(7-11)16-14(17)15-8-12-5-6-19-10-12/h2-7,10H,8-9H2,1H3,(H2,15,16,17). The van der Waals surface area contributed by atoms with Gasteiger partial charge >= 0.3 is 6.03 Å². The second kappa shape index (κ2) is 6.61. The van der Waals surface area contributed by atoms with E-state index in [1.807, 2.05) is 24.3 Å². The van der Waals surface area contributed by atoms with Gasteiger partial charge in [-0.1, -0.05) is 12.1 Å². The average Bonchev–Trinajstić information content (AvgIpc) is 2.90. The van der Waals surface area contributed by atoms with Crippen LogP contribution in [0, 0.1) is 0 Å². The Morgan fingerprint density at radius 1 is 1.32 bits per heavy atom. The molecule has 0 unspecified atom stereocenters. The third kappa shape index (κ3) is 4.15. The molecular formula is C14H16N2O3. The van der Waals surface area contributed by atoms with Crippen LogP contribution in [0.2, 0.25) is 0 Å². The zero-order valence-corrected chi connectivity index (χ0v) is 10.7. The monoisotopic (exact) mass is 260 g/mol. The van der Waals surface area contributed by atoms with Gasteiger partial charge in [-0.25, -0.2) is 4.79 Å². The Morgan fingerprint density at radius 3 is 2.95 bits per heavy atom. The lowest BCUT2D eigenvalue weighted by atomic mass is 10.2. The van der Waals surface area contributed by atoms with Gasteiger partial charge in [-0.2, -0.15) is 0 Å². The number of anilines is 1. The summed E-state index contributed by atoms with van der Waals surface area (Å²) >= 11 is 0. The van der Waals surface area contributed by atoms with Crippen LogP contribution in [0.25, 0.3) is 0 Å². The molecule has 0 spiro atoms. The molecule has 5 nitrogen and oxygen atoms in total. The summed E-state index contributed by atoms with van der Waals surface area (Å²) in [6.07, 6.45) is 3.17. The number of urea groups is 1. The summed E-state index contributed by atoms with van der Waals surface area (Å²) in [4.78, 5) is 11.7. The molecule has 0 saturated heterocycles. The number of nitrogens with one attached hydrogen (secondary N) is 2. The predicted molar refractivity (Wildman–Crippen MR) is 71.7 cm³/mol. The van der Waals surface area contributed by atoms with Gasteiger partial charge in [0.05, 0.1) is 19.1 Å². The van der Waals surface area contributed by atoms with E-state index in [0.717, 1.165) is 16.8 Å². The van der Waals surface area contributed by atoms with E-state index < -0.39 is 0 Å². The molecule has 2 rings (SSSR count). The van der Waals surface area contributed by atoms with Crippen LogP contribution in [0.1, 0.15) is 11.1 Å². The number of hydrogen-bond donors (Lipinski definition) is 2. The molecule has 0 radical (unpaired) electrons.